The van der Waals surface area contributed by atoms with Crippen molar-refractivity contribution in [2.75, 3.05) is 6.61 Å². The maximum Gasteiger partial charge on any atom is 0.159 e. The van der Waals surface area contributed by atoms with Crippen molar-refractivity contribution in [2.24, 2.45) is 0 Å². The van der Waals surface area contributed by atoms with Crippen molar-refractivity contribution in [1.29, 1.82) is 0 Å². The summed E-state index contributed by atoms with van der Waals surface area (Å²) in [4.78, 5) is 10.9. The molecule has 0 bridgehead atoms. The minimum absolute atomic E-state index is 0.0905. The van der Waals surface area contributed by atoms with Gasteiger partial charge in [0.25, 0.3) is 0 Å². The number of ether oxygens (including phenoxy) is 1. The number of benzene rings is 2. The van der Waals surface area contributed by atoms with E-state index in [0.717, 1.165) is 17.7 Å². The highest BCUT2D eigenvalue weighted by atomic mass is 35.5. The Bertz CT molecular complexity index is 691. The first-order valence-electron chi connectivity index (χ1n) is 7.37. The van der Waals surface area contributed by atoms with Gasteiger partial charge < -0.3 is 14.9 Å². The summed E-state index contributed by atoms with van der Waals surface area (Å²) < 4.78 is 5.41. The summed E-state index contributed by atoms with van der Waals surface area (Å²) >= 11 is 11.2. The van der Waals surface area contributed by atoms with Crippen molar-refractivity contribution in [2.45, 2.75) is 27.2 Å². The van der Waals surface area contributed by atoms with Gasteiger partial charge in [0.15, 0.2) is 11.5 Å². The number of Topliss-reactive ketones (excluding diaryl/α,β-unsaturated/α-hetero) is 1. The van der Waals surface area contributed by atoms with E-state index in [1.807, 2.05) is 13.0 Å². The zero-order chi connectivity index (χ0) is 18.3. The van der Waals surface area contributed by atoms with Crippen molar-refractivity contribution in [3.05, 3.63) is 51.5 Å². The highest BCUT2D eigenvalue weighted by Crippen LogP contribution is 2.32. The predicted octanol–water partition coefficient (Wildman–Crippen LogP) is 5.39. The van der Waals surface area contributed by atoms with Crippen LogP contribution in [0.5, 0.6) is 17.2 Å². The van der Waals surface area contributed by atoms with Gasteiger partial charge in [0, 0.05) is 11.6 Å². The summed E-state index contributed by atoms with van der Waals surface area (Å²) in [5.41, 5.74) is 1.45. The molecule has 0 aromatic heterocycles. The minimum atomic E-state index is -0.191. The van der Waals surface area contributed by atoms with Crippen molar-refractivity contribution in [3.63, 3.8) is 0 Å². The Balaban J connectivity index is 0.000000240. The van der Waals surface area contributed by atoms with Gasteiger partial charge in [-0.3, -0.25) is 4.79 Å². The SMILES string of the molecule is CC(=O)c1cc(Cl)c(O)c(Cl)c1.CCCOc1cc(O)ccc1C. The molecule has 2 aromatic rings. The Labute approximate surface area is 151 Å². The highest BCUT2D eigenvalue weighted by Gasteiger charge is 2.08. The van der Waals surface area contributed by atoms with Crippen LogP contribution in [0.1, 0.15) is 36.2 Å². The average molecular weight is 371 g/mol. The van der Waals surface area contributed by atoms with E-state index in [1.165, 1.54) is 19.1 Å². The van der Waals surface area contributed by atoms with Crippen molar-refractivity contribution >= 4 is 29.0 Å². The van der Waals surface area contributed by atoms with Crippen LogP contribution >= 0.6 is 23.2 Å². The molecular formula is C18H20Cl2O4. The van der Waals surface area contributed by atoms with Gasteiger partial charge in [-0.25, -0.2) is 0 Å². The molecule has 2 aromatic carbocycles. The second-order valence-corrected chi connectivity index (χ2v) is 5.96. The van der Waals surface area contributed by atoms with E-state index in [0.29, 0.717) is 12.2 Å². The van der Waals surface area contributed by atoms with Crippen molar-refractivity contribution < 1.29 is 19.7 Å². The number of aryl methyl sites for hydroxylation is 1. The number of aromatic hydroxyl groups is 2. The molecular weight excluding hydrogens is 351 g/mol. The third-order valence-electron chi connectivity index (χ3n) is 3.06. The molecule has 0 radical (unpaired) electrons. The number of hydrogen-bond donors (Lipinski definition) is 2. The number of carbonyl (C=O) groups is 1. The van der Waals surface area contributed by atoms with Crippen LogP contribution in [0.3, 0.4) is 0 Å². The third-order valence-corrected chi connectivity index (χ3v) is 3.63. The molecule has 0 saturated heterocycles. The van der Waals surface area contributed by atoms with E-state index < -0.39 is 0 Å². The van der Waals surface area contributed by atoms with Crippen LogP contribution in [-0.2, 0) is 0 Å². The fraction of sp³-hybridized carbons (Fsp3) is 0.278. The number of phenols is 2. The second-order valence-electron chi connectivity index (χ2n) is 5.14. The van der Waals surface area contributed by atoms with Crippen molar-refractivity contribution in [3.8, 4) is 17.2 Å². The standard InChI is InChI=1S/C10H14O2.C8H6Cl2O2/c1-3-6-12-10-7-9(11)5-4-8(10)2;1-4(11)5-2-6(9)8(12)7(10)3-5/h4-5,7,11H,3,6H2,1-2H3;2-3,12H,1H3. The number of ketones is 1. The van der Waals surface area contributed by atoms with E-state index in [1.54, 1.807) is 12.1 Å². The third kappa shape index (κ3) is 5.95. The van der Waals surface area contributed by atoms with E-state index >= 15 is 0 Å². The molecule has 2 N–H and O–H groups in total. The molecule has 4 nitrogen and oxygen atoms in total. The van der Waals surface area contributed by atoms with Gasteiger partial charge in [0.2, 0.25) is 0 Å². The lowest BCUT2D eigenvalue weighted by molar-refractivity contribution is 0.101. The Morgan fingerprint density at radius 2 is 1.71 bits per heavy atom. The zero-order valence-corrected chi connectivity index (χ0v) is 15.3. The average Bonchev–Trinajstić information content (AvgIpc) is 2.53. The van der Waals surface area contributed by atoms with Crippen LogP contribution in [0.25, 0.3) is 0 Å². The maximum absolute atomic E-state index is 10.9. The van der Waals surface area contributed by atoms with Crippen LogP contribution < -0.4 is 4.74 Å². The second kappa shape index (κ2) is 9.40. The Morgan fingerprint density at radius 1 is 1.12 bits per heavy atom. The van der Waals surface area contributed by atoms with Crippen LogP contribution in [-0.4, -0.2) is 22.6 Å². The fourth-order valence-corrected chi connectivity index (χ4v) is 2.21. The zero-order valence-electron chi connectivity index (χ0n) is 13.8. The molecule has 6 heteroatoms. The van der Waals surface area contributed by atoms with Crippen LogP contribution in [0.15, 0.2) is 30.3 Å². The molecule has 0 aliphatic heterocycles. The van der Waals surface area contributed by atoms with E-state index in [4.69, 9.17) is 38.2 Å². The van der Waals surface area contributed by atoms with Gasteiger partial charge in [0.1, 0.15) is 11.5 Å². The van der Waals surface area contributed by atoms with Gasteiger partial charge in [-0.2, -0.15) is 0 Å². The first-order chi connectivity index (χ1) is 11.3. The number of hydrogen-bond acceptors (Lipinski definition) is 4. The molecule has 0 amide bonds. The largest absolute Gasteiger partial charge is 0.508 e. The lowest BCUT2D eigenvalue weighted by Crippen LogP contribution is -1.96. The smallest absolute Gasteiger partial charge is 0.159 e. The first-order valence-corrected chi connectivity index (χ1v) is 8.13. The van der Waals surface area contributed by atoms with Gasteiger partial charge >= 0.3 is 0 Å². The molecule has 0 atom stereocenters. The molecule has 2 rings (SSSR count). The topological polar surface area (TPSA) is 66.8 Å². The summed E-state index contributed by atoms with van der Waals surface area (Å²) in [5.74, 6) is 0.700. The van der Waals surface area contributed by atoms with Gasteiger partial charge in [0.05, 0.1) is 16.7 Å². The monoisotopic (exact) mass is 370 g/mol. The fourth-order valence-electron chi connectivity index (χ4n) is 1.73. The van der Waals surface area contributed by atoms with Crippen LogP contribution in [0.2, 0.25) is 10.0 Å². The van der Waals surface area contributed by atoms with Gasteiger partial charge in [-0.05, 0) is 44.0 Å². The van der Waals surface area contributed by atoms with Crippen molar-refractivity contribution in [1.82, 2.24) is 0 Å². The van der Waals surface area contributed by atoms with Crippen LogP contribution in [0, 0.1) is 6.92 Å². The van der Waals surface area contributed by atoms with Gasteiger partial charge in [-0.1, -0.05) is 36.2 Å². The lowest BCUT2D eigenvalue weighted by atomic mass is 10.1. The Morgan fingerprint density at radius 3 is 2.21 bits per heavy atom. The summed E-state index contributed by atoms with van der Waals surface area (Å²) in [7, 11) is 0. The predicted molar refractivity (Wildman–Crippen MR) is 96.8 cm³/mol. The molecule has 0 heterocycles. The number of carbonyl (C=O) groups excluding carboxylic acids is 1. The maximum atomic E-state index is 10.9. The summed E-state index contributed by atoms with van der Waals surface area (Å²) in [6.07, 6.45) is 0.981. The molecule has 0 aliphatic carbocycles. The first kappa shape index (κ1) is 20.1. The molecule has 0 fully saturated rings. The molecule has 0 aliphatic rings. The Kier molecular flexibility index (Phi) is 7.89. The quantitative estimate of drug-likeness (QED) is 0.707. The summed E-state index contributed by atoms with van der Waals surface area (Å²) in [6, 6.07) is 7.91. The molecule has 130 valence electrons. The molecule has 24 heavy (non-hydrogen) atoms. The molecule has 0 spiro atoms. The normalized spacial score (nSPS) is 9.88. The summed E-state index contributed by atoms with van der Waals surface area (Å²) in [5, 5.41) is 18.5. The number of rotatable bonds is 4. The van der Waals surface area contributed by atoms with E-state index in [2.05, 4.69) is 6.92 Å². The lowest BCUT2D eigenvalue weighted by Gasteiger charge is -2.07. The summed E-state index contributed by atoms with van der Waals surface area (Å²) in [6.45, 7) is 6.12. The molecule has 0 saturated carbocycles. The van der Waals surface area contributed by atoms with E-state index in [9.17, 15) is 4.79 Å². The van der Waals surface area contributed by atoms with E-state index in [-0.39, 0.29) is 27.3 Å². The van der Waals surface area contributed by atoms with Gasteiger partial charge in [-0.15, -0.1) is 0 Å². The molecule has 0 unspecified atom stereocenters. The minimum Gasteiger partial charge on any atom is -0.508 e. The number of halogens is 2. The van der Waals surface area contributed by atoms with Crippen LogP contribution in [0.4, 0.5) is 0 Å². The number of phenolic OH excluding ortho intramolecular Hbond substituents is 2. The highest BCUT2D eigenvalue weighted by molar-refractivity contribution is 6.37. The Hall–Kier alpha value is -1.91.